The summed E-state index contributed by atoms with van der Waals surface area (Å²) in [6.45, 7) is 2.51. The average Bonchev–Trinajstić information content (AvgIpc) is 2.84. The van der Waals surface area contributed by atoms with Gasteiger partial charge in [0.15, 0.2) is 0 Å². The molecule has 1 aliphatic carbocycles. The van der Waals surface area contributed by atoms with Crippen molar-refractivity contribution >= 4 is 17.3 Å². The minimum Gasteiger partial charge on any atom is -0.480 e. The van der Waals surface area contributed by atoms with Crippen LogP contribution in [0.4, 0.5) is 0 Å². The second-order valence-electron chi connectivity index (χ2n) is 4.33. The lowest BCUT2D eigenvalue weighted by atomic mass is 9.98. The van der Waals surface area contributed by atoms with E-state index in [4.69, 9.17) is 0 Å². The molecule has 1 aliphatic rings. The number of hydrogen-bond acceptors (Lipinski definition) is 4. The van der Waals surface area contributed by atoms with E-state index in [1.807, 2.05) is 12.3 Å². The van der Waals surface area contributed by atoms with Crippen LogP contribution in [0.5, 0.6) is 0 Å². The summed E-state index contributed by atoms with van der Waals surface area (Å²) in [5, 5.41) is 15.4. The topological polar surface area (TPSA) is 62.2 Å². The summed E-state index contributed by atoms with van der Waals surface area (Å²) in [5.41, 5.74) is 0.289. The number of nitrogens with one attached hydrogen (secondary N) is 1. The predicted octanol–water partition coefficient (Wildman–Crippen LogP) is 1.94. The molecule has 0 aromatic carbocycles. The number of rotatable bonds is 4. The van der Waals surface area contributed by atoms with Crippen LogP contribution in [0.25, 0.3) is 0 Å². The van der Waals surface area contributed by atoms with Gasteiger partial charge < -0.3 is 5.11 Å². The third-order valence-electron chi connectivity index (χ3n) is 3.11. The molecular formula is C11H16N2O2S. The molecule has 0 unspecified atom stereocenters. The maximum atomic E-state index is 11.3. The van der Waals surface area contributed by atoms with Crippen LogP contribution < -0.4 is 5.32 Å². The Hall–Kier alpha value is -0.940. The summed E-state index contributed by atoms with van der Waals surface area (Å²) < 4.78 is 0. The van der Waals surface area contributed by atoms with Crippen LogP contribution in [0.1, 0.15) is 36.4 Å². The normalized spacial score (nSPS) is 18.8. The van der Waals surface area contributed by atoms with Gasteiger partial charge in [0.2, 0.25) is 0 Å². The van der Waals surface area contributed by atoms with Crippen molar-refractivity contribution in [3.05, 3.63) is 16.1 Å². The summed E-state index contributed by atoms with van der Waals surface area (Å²) in [7, 11) is 0. The van der Waals surface area contributed by atoms with Crippen molar-refractivity contribution in [2.45, 2.75) is 44.7 Å². The number of aryl methyl sites for hydroxylation is 1. The molecule has 0 bridgehead atoms. The zero-order chi connectivity index (χ0) is 11.6. The first kappa shape index (κ1) is 11.5. The van der Waals surface area contributed by atoms with Crippen molar-refractivity contribution in [1.82, 2.24) is 10.3 Å². The van der Waals surface area contributed by atoms with Crippen molar-refractivity contribution < 1.29 is 9.90 Å². The minimum absolute atomic E-state index is 0.560. The fourth-order valence-electron chi connectivity index (χ4n) is 2.17. The highest BCUT2D eigenvalue weighted by Crippen LogP contribution is 2.30. The number of aromatic nitrogens is 1. The molecular weight excluding hydrogens is 224 g/mol. The van der Waals surface area contributed by atoms with Crippen molar-refractivity contribution in [1.29, 1.82) is 0 Å². The molecule has 0 aliphatic heterocycles. The molecule has 1 aromatic rings. The molecule has 16 heavy (non-hydrogen) atoms. The smallest absolute Gasteiger partial charge is 0.323 e. The van der Waals surface area contributed by atoms with Crippen LogP contribution in [0, 0.1) is 6.92 Å². The van der Waals surface area contributed by atoms with Gasteiger partial charge in [-0.05, 0) is 19.8 Å². The summed E-state index contributed by atoms with van der Waals surface area (Å²) in [6.07, 6.45) is 3.45. The Labute approximate surface area is 98.7 Å². The summed E-state index contributed by atoms with van der Waals surface area (Å²) in [5.74, 6) is -0.724. The lowest BCUT2D eigenvalue weighted by molar-refractivity contribution is -0.144. The van der Waals surface area contributed by atoms with Gasteiger partial charge in [-0.3, -0.25) is 10.1 Å². The summed E-state index contributed by atoms with van der Waals surface area (Å²) in [4.78, 5) is 15.6. The third-order valence-corrected chi connectivity index (χ3v) is 4.08. The average molecular weight is 240 g/mol. The Balaban J connectivity index is 1.99. The minimum atomic E-state index is -0.724. The molecule has 2 N–H and O–H groups in total. The van der Waals surface area contributed by atoms with Gasteiger partial charge in [-0.25, -0.2) is 4.98 Å². The number of hydrogen-bond donors (Lipinski definition) is 2. The Kier molecular flexibility index (Phi) is 3.25. The number of carboxylic acids is 1. The molecule has 1 aromatic heterocycles. The van der Waals surface area contributed by atoms with E-state index < -0.39 is 11.5 Å². The van der Waals surface area contributed by atoms with E-state index in [2.05, 4.69) is 10.3 Å². The van der Waals surface area contributed by atoms with Crippen molar-refractivity contribution in [3.63, 3.8) is 0 Å². The zero-order valence-electron chi connectivity index (χ0n) is 9.32. The van der Waals surface area contributed by atoms with Crippen LogP contribution in [0.3, 0.4) is 0 Å². The molecule has 2 rings (SSSR count). The molecule has 0 spiro atoms. The lowest BCUT2D eigenvalue weighted by Gasteiger charge is -2.24. The van der Waals surface area contributed by atoms with E-state index in [9.17, 15) is 9.90 Å². The number of carbonyl (C=O) groups is 1. The zero-order valence-corrected chi connectivity index (χ0v) is 10.1. The maximum Gasteiger partial charge on any atom is 0.323 e. The Morgan fingerprint density at radius 3 is 2.81 bits per heavy atom. The van der Waals surface area contributed by atoms with Gasteiger partial charge in [0.25, 0.3) is 0 Å². The van der Waals surface area contributed by atoms with Gasteiger partial charge in [0.1, 0.15) is 10.5 Å². The fraction of sp³-hybridized carbons (Fsp3) is 0.636. The third kappa shape index (κ3) is 2.25. The van der Waals surface area contributed by atoms with Crippen LogP contribution in [0.2, 0.25) is 0 Å². The Morgan fingerprint density at radius 2 is 2.31 bits per heavy atom. The van der Waals surface area contributed by atoms with Gasteiger partial charge in [-0.2, -0.15) is 0 Å². The molecule has 1 heterocycles. The molecule has 1 saturated carbocycles. The fourth-order valence-corrected chi connectivity index (χ4v) is 2.89. The molecule has 88 valence electrons. The molecule has 0 radical (unpaired) electrons. The maximum absolute atomic E-state index is 11.3. The monoisotopic (exact) mass is 240 g/mol. The first-order valence-corrected chi connectivity index (χ1v) is 6.40. The number of aliphatic carboxylic acids is 1. The molecule has 0 saturated heterocycles. The predicted molar refractivity (Wildman–Crippen MR) is 62.5 cm³/mol. The molecule has 0 atom stereocenters. The molecule has 0 amide bonds. The molecule has 1 fully saturated rings. The largest absolute Gasteiger partial charge is 0.480 e. The number of carboxylic acid groups (broad SMARTS) is 1. The Morgan fingerprint density at radius 1 is 1.62 bits per heavy atom. The molecule has 4 nitrogen and oxygen atoms in total. The second kappa shape index (κ2) is 4.51. The highest BCUT2D eigenvalue weighted by molar-refractivity contribution is 7.09. The van der Waals surface area contributed by atoms with Gasteiger partial charge >= 0.3 is 5.97 Å². The number of thiazole rings is 1. The lowest BCUT2D eigenvalue weighted by Crippen LogP contribution is -2.49. The standard InChI is InChI=1S/C11H16N2O2S/c1-8-7-16-9(13-8)6-12-11(10(14)15)4-2-3-5-11/h7,12H,2-6H2,1H3,(H,14,15). The van der Waals surface area contributed by atoms with Gasteiger partial charge in [0.05, 0.1) is 0 Å². The molecule has 5 heteroatoms. The van der Waals surface area contributed by atoms with Crippen LogP contribution in [-0.4, -0.2) is 21.6 Å². The number of nitrogens with zero attached hydrogens (tertiary/aromatic N) is 1. The summed E-state index contributed by atoms with van der Waals surface area (Å²) >= 11 is 1.58. The van der Waals surface area contributed by atoms with Crippen molar-refractivity contribution in [3.8, 4) is 0 Å². The van der Waals surface area contributed by atoms with E-state index in [0.717, 1.165) is 36.4 Å². The second-order valence-corrected chi connectivity index (χ2v) is 5.27. The van der Waals surface area contributed by atoms with E-state index in [0.29, 0.717) is 6.54 Å². The van der Waals surface area contributed by atoms with Crippen molar-refractivity contribution in [2.75, 3.05) is 0 Å². The van der Waals surface area contributed by atoms with Gasteiger partial charge in [-0.15, -0.1) is 11.3 Å². The Bertz CT molecular complexity index is 383. The first-order chi connectivity index (χ1) is 7.62. The quantitative estimate of drug-likeness (QED) is 0.844. The highest BCUT2D eigenvalue weighted by atomic mass is 32.1. The van der Waals surface area contributed by atoms with Crippen LogP contribution >= 0.6 is 11.3 Å². The van der Waals surface area contributed by atoms with E-state index in [-0.39, 0.29) is 0 Å². The summed E-state index contributed by atoms with van der Waals surface area (Å²) in [6, 6.07) is 0. The highest BCUT2D eigenvalue weighted by Gasteiger charge is 2.40. The SMILES string of the molecule is Cc1csc(CNC2(C(=O)O)CCCC2)n1. The van der Waals surface area contributed by atoms with Crippen molar-refractivity contribution in [2.24, 2.45) is 0 Å². The van der Waals surface area contributed by atoms with Crippen LogP contribution in [0.15, 0.2) is 5.38 Å². The first-order valence-electron chi connectivity index (χ1n) is 5.52. The van der Waals surface area contributed by atoms with E-state index in [1.54, 1.807) is 11.3 Å². The van der Waals surface area contributed by atoms with E-state index >= 15 is 0 Å². The van der Waals surface area contributed by atoms with E-state index in [1.165, 1.54) is 0 Å². The van der Waals surface area contributed by atoms with Crippen LogP contribution in [-0.2, 0) is 11.3 Å². The van der Waals surface area contributed by atoms with Gasteiger partial charge in [0, 0.05) is 17.6 Å². The van der Waals surface area contributed by atoms with Gasteiger partial charge in [-0.1, -0.05) is 12.8 Å².